The number of hydrogen-bond donors (Lipinski definition) is 0. The number of methoxy groups -OCH3 is 1. The number of imidazole rings is 1. The zero-order chi connectivity index (χ0) is 16.3. The Morgan fingerprint density at radius 2 is 2.05 bits per heavy atom. The number of hydrogen-bond acceptors (Lipinski definition) is 4. The number of nitrogens with zero attached hydrogens (tertiary/aromatic N) is 3. The van der Waals surface area contributed by atoms with Crippen LogP contribution < -0.4 is 0 Å². The van der Waals surface area contributed by atoms with Crippen LogP contribution in [0.1, 0.15) is 22.0 Å². The first-order chi connectivity index (χ1) is 10.3. The van der Waals surface area contributed by atoms with Gasteiger partial charge in [-0.2, -0.15) is 0 Å². The molecule has 2 aromatic rings. The van der Waals surface area contributed by atoms with Crippen molar-refractivity contribution in [2.45, 2.75) is 26.6 Å². The third-order valence-electron chi connectivity index (χ3n) is 2.81. The number of esters is 1. The smallest absolute Gasteiger partial charge is 0.374 e. The summed E-state index contributed by atoms with van der Waals surface area (Å²) in [7, 11) is -0.174. The molecule has 6 heteroatoms. The van der Waals surface area contributed by atoms with Crippen molar-refractivity contribution in [3.8, 4) is 17.2 Å². The van der Waals surface area contributed by atoms with Crippen LogP contribution in [0.15, 0.2) is 24.5 Å². The lowest BCUT2D eigenvalue weighted by Gasteiger charge is -2.05. The summed E-state index contributed by atoms with van der Waals surface area (Å²) in [5.41, 5.74) is 5.45. The van der Waals surface area contributed by atoms with E-state index < -0.39 is 14.0 Å². The van der Waals surface area contributed by atoms with Crippen molar-refractivity contribution in [3.05, 3.63) is 41.7 Å². The Balaban J connectivity index is 2.51. The molecule has 0 aliphatic rings. The Labute approximate surface area is 131 Å². The van der Waals surface area contributed by atoms with Crippen LogP contribution >= 0.6 is 0 Å². The van der Waals surface area contributed by atoms with Gasteiger partial charge in [0.2, 0.25) is 5.82 Å². The van der Waals surface area contributed by atoms with Gasteiger partial charge in [-0.05, 0) is 19.1 Å². The van der Waals surface area contributed by atoms with E-state index in [0.29, 0.717) is 5.69 Å². The first-order valence-electron chi connectivity index (χ1n) is 6.94. The van der Waals surface area contributed by atoms with Gasteiger partial charge in [-0.1, -0.05) is 25.6 Å². The van der Waals surface area contributed by atoms with Gasteiger partial charge in [-0.3, -0.25) is 9.55 Å². The summed E-state index contributed by atoms with van der Waals surface area (Å²) < 4.78 is 6.46. The van der Waals surface area contributed by atoms with Crippen LogP contribution in [0.2, 0.25) is 19.6 Å². The van der Waals surface area contributed by atoms with Crippen LogP contribution in [0.4, 0.5) is 0 Å². The van der Waals surface area contributed by atoms with Gasteiger partial charge in [0, 0.05) is 11.9 Å². The maximum Gasteiger partial charge on any atom is 0.374 e. The Kier molecular flexibility index (Phi) is 4.47. The van der Waals surface area contributed by atoms with Crippen molar-refractivity contribution < 1.29 is 9.53 Å². The third-order valence-corrected chi connectivity index (χ3v) is 3.69. The number of ether oxygens (including phenoxy) is 1. The molecule has 0 atom stereocenters. The molecule has 0 aliphatic carbocycles. The van der Waals surface area contributed by atoms with Gasteiger partial charge < -0.3 is 4.74 Å². The minimum atomic E-state index is -1.51. The molecule has 22 heavy (non-hydrogen) atoms. The molecule has 0 fully saturated rings. The van der Waals surface area contributed by atoms with Gasteiger partial charge >= 0.3 is 5.97 Å². The lowest BCUT2D eigenvalue weighted by atomic mass is 10.3. The highest BCUT2D eigenvalue weighted by molar-refractivity contribution is 6.83. The molecule has 0 N–H and O–H groups in total. The first kappa shape index (κ1) is 16.0. The Morgan fingerprint density at radius 1 is 1.32 bits per heavy atom. The fourth-order valence-corrected chi connectivity index (χ4v) is 2.23. The molecule has 0 saturated heterocycles. The Bertz CT molecular complexity index is 746. The largest absolute Gasteiger partial charge is 0.463 e. The van der Waals surface area contributed by atoms with Gasteiger partial charge in [0.05, 0.1) is 19.0 Å². The lowest BCUT2D eigenvalue weighted by molar-refractivity contribution is 0.0584. The van der Waals surface area contributed by atoms with Crippen LogP contribution in [-0.4, -0.2) is 35.7 Å². The van der Waals surface area contributed by atoms with E-state index in [1.807, 2.05) is 19.1 Å². The van der Waals surface area contributed by atoms with Crippen LogP contribution in [0.5, 0.6) is 0 Å². The number of aromatic nitrogens is 3. The molecular formula is C16H19N3O2Si. The van der Waals surface area contributed by atoms with E-state index in [-0.39, 0.29) is 5.82 Å². The molecule has 114 valence electrons. The summed E-state index contributed by atoms with van der Waals surface area (Å²) in [5, 5.41) is 0. The number of pyridine rings is 1. The van der Waals surface area contributed by atoms with Crippen LogP contribution in [-0.2, 0) is 4.74 Å². The zero-order valence-electron chi connectivity index (χ0n) is 13.5. The highest BCUT2D eigenvalue weighted by atomic mass is 28.3. The van der Waals surface area contributed by atoms with E-state index in [4.69, 9.17) is 4.74 Å². The SMILES string of the molecule is COC(=O)c1nc(C#C[Si](C)(C)C)cn1-c1ccc(C)nc1. The summed E-state index contributed by atoms with van der Waals surface area (Å²) in [4.78, 5) is 20.5. The van der Waals surface area contributed by atoms with Gasteiger partial charge in [-0.25, -0.2) is 9.78 Å². The molecule has 0 unspecified atom stereocenters. The normalized spacial score (nSPS) is 10.8. The van der Waals surface area contributed by atoms with Crippen molar-refractivity contribution in [2.75, 3.05) is 7.11 Å². The van der Waals surface area contributed by atoms with Gasteiger partial charge in [0.15, 0.2) is 0 Å². The number of rotatable bonds is 2. The summed E-state index contributed by atoms with van der Waals surface area (Å²) in [6.07, 6.45) is 3.44. The molecule has 5 nitrogen and oxygen atoms in total. The quantitative estimate of drug-likeness (QED) is 0.486. The van der Waals surface area contributed by atoms with E-state index in [0.717, 1.165) is 11.4 Å². The summed E-state index contributed by atoms with van der Waals surface area (Å²) in [6, 6.07) is 3.76. The first-order valence-corrected chi connectivity index (χ1v) is 10.4. The second kappa shape index (κ2) is 6.16. The average Bonchev–Trinajstić information content (AvgIpc) is 2.89. The lowest BCUT2D eigenvalue weighted by Crippen LogP contribution is -2.16. The molecule has 0 saturated carbocycles. The second-order valence-corrected chi connectivity index (χ2v) is 10.7. The van der Waals surface area contributed by atoms with E-state index in [1.165, 1.54) is 7.11 Å². The minimum absolute atomic E-state index is 0.202. The number of aryl methyl sites for hydroxylation is 1. The van der Waals surface area contributed by atoms with E-state index >= 15 is 0 Å². The fourth-order valence-electron chi connectivity index (χ4n) is 1.73. The molecule has 0 radical (unpaired) electrons. The predicted molar refractivity (Wildman–Crippen MR) is 87.7 cm³/mol. The van der Waals surface area contributed by atoms with Crippen molar-refractivity contribution in [1.29, 1.82) is 0 Å². The van der Waals surface area contributed by atoms with Crippen LogP contribution in [0, 0.1) is 18.4 Å². The molecule has 0 aromatic carbocycles. The molecule has 2 aromatic heterocycles. The fraction of sp³-hybridized carbons (Fsp3) is 0.312. The second-order valence-electron chi connectivity index (χ2n) is 5.97. The molecule has 0 amide bonds. The van der Waals surface area contributed by atoms with Gasteiger partial charge in [0.1, 0.15) is 13.8 Å². The average molecular weight is 313 g/mol. The standard InChI is InChI=1S/C16H19N3O2Si/c1-12-6-7-14(10-17-12)19-11-13(8-9-22(3,4)5)18-15(19)16(20)21-2/h6-7,10-11H,1-5H3. The molecular weight excluding hydrogens is 294 g/mol. The highest BCUT2D eigenvalue weighted by Gasteiger charge is 2.17. The number of carbonyl (C=O) groups excluding carboxylic acids is 1. The molecule has 0 spiro atoms. The topological polar surface area (TPSA) is 57.0 Å². The maximum absolute atomic E-state index is 11.9. The van der Waals surface area contributed by atoms with Crippen molar-refractivity contribution in [2.24, 2.45) is 0 Å². The van der Waals surface area contributed by atoms with Crippen molar-refractivity contribution >= 4 is 14.0 Å². The van der Waals surface area contributed by atoms with E-state index in [1.54, 1.807) is 17.0 Å². The molecule has 2 rings (SSSR count). The molecule has 0 bridgehead atoms. The summed E-state index contributed by atoms with van der Waals surface area (Å²) in [6.45, 7) is 8.37. The molecule has 0 aliphatic heterocycles. The van der Waals surface area contributed by atoms with E-state index in [2.05, 4.69) is 41.1 Å². The van der Waals surface area contributed by atoms with E-state index in [9.17, 15) is 4.79 Å². The molecule has 2 heterocycles. The Morgan fingerprint density at radius 3 is 2.59 bits per heavy atom. The summed E-state index contributed by atoms with van der Waals surface area (Å²) >= 11 is 0. The number of carbonyl (C=O) groups is 1. The monoisotopic (exact) mass is 313 g/mol. The van der Waals surface area contributed by atoms with Gasteiger partial charge in [0.25, 0.3) is 0 Å². The zero-order valence-corrected chi connectivity index (χ0v) is 14.5. The van der Waals surface area contributed by atoms with Crippen molar-refractivity contribution in [3.63, 3.8) is 0 Å². The van der Waals surface area contributed by atoms with Crippen molar-refractivity contribution in [1.82, 2.24) is 14.5 Å². The van der Waals surface area contributed by atoms with Crippen LogP contribution in [0.25, 0.3) is 5.69 Å². The predicted octanol–water partition coefficient (Wildman–Crippen LogP) is 2.59. The van der Waals surface area contributed by atoms with Gasteiger partial charge in [-0.15, -0.1) is 5.54 Å². The third kappa shape index (κ3) is 3.83. The Hall–Kier alpha value is -2.39. The maximum atomic E-state index is 11.9. The van der Waals surface area contributed by atoms with Crippen LogP contribution in [0.3, 0.4) is 0 Å². The minimum Gasteiger partial charge on any atom is -0.463 e. The summed E-state index contributed by atoms with van der Waals surface area (Å²) in [5.74, 6) is 2.76. The highest BCUT2D eigenvalue weighted by Crippen LogP contribution is 2.13.